The average molecular weight is 404 g/mol. The second-order valence-corrected chi connectivity index (χ2v) is 7.06. The number of hydrogen-bond acceptors (Lipinski definition) is 4. The van der Waals surface area contributed by atoms with Crippen LogP contribution in [0.5, 0.6) is 0 Å². The second-order valence-electron chi connectivity index (χ2n) is 7.06. The van der Waals surface area contributed by atoms with Crippen LogP contribution in [-0.4, -0.2) is 73.6 Å². The van der Waals surface area contributed by atoms with Gasteiger partial charge in [-0.3, -0.25) is 9.79 Å². The fourth-order valence-corrected chi connectivity index (χ4v) is 3.06. The molecule has 160 valence electrons. The Hall–Kier alpha value is -2.77. The van der Waals surface area contributed by atoms with Crippen molar-refractivity contribution in [2.45, 2.75) is 39.8 Å². The lowest BCUT2D eigenvalue weighted by molar-refractivity contribution is 0.0912. The topological polar surface area (TPSA) is 86.3 Å². The number of rotatable bonds is 6. The molecule has 1 aromatic carbocycles. The van der Waals surface area contributed by atoms with Gasteiger partial charge in [-0.1, -0.05) is 19.1 Å². The van der Waals surface area contributed by atoms with Gasteiger partial charge in [0.15, 0.2) is 5.96 Å². The van der Waals surface area contributed by atoms with Crippen molar-refractivity contribution >= 4 is 18.0 Å². The molecule has 2 rings (SSSR count). The predicted octanol–water partition coefficient (Wildman–Crippen LogP) is 2.06. The highest BCUT2D eigenvalue weighted by Gasteiger charge is 2.23. The van der Waals surface area contributed by atoms with Crippen molar-refractivity contribution in [2.24, 2.45) is 4.99 Å². The van der Waals surface area contributed by atoms with Crippen LogP contribution < -0.4 is 10.6 Å². The number of carbonyl (C=O) groups excluding carboxylic acids is 2. The van der Waals surface area contributed by atoms with E-state index in [-0.39, 0.29) is 18.0 Å². The number of nitrogens with one attached hydrogen (secondary N) is 2. The Kier molecular flexibility index (Phi) is 8.76. The lowest BCUT2D eigenvalue weighted by Gasteiger charge is -2.35. The van der Waals surface area contributed by atoms with Crippen molar-refractivity contribution in [3.8, 4) is 0 Å². The summed E-state index contributed by atoms with van der Waals surface area (Å²) in [6.45, 7) is 9.38. The molecule has 0 saturated carbocycles. The number of ether oxygens (including phenoxy) is 1. The molecule has 1 heterocycles. The molecule has 0 radical (unpaired) electrons. The summed E-state index contributed by atoms with van der Waals surface area (Å²) in [7, 11) is 1.75. The molecule has 1 aromatic rings. The Morgan fingerprint density at radius 3 is 2.48 bits per heavy atom. The van der Waals surface area contributed by atoms with E-state index < -0.39 is 0 Å². The van der Waals surface area contributed by atoms with Crippen molar-refractivity contribution in [1.82, 2.24) is 20.4 Å². The van der Waals surface area contributed by atoms with E-state index in [1.54, 1.807) is 11.9 Å². The minimum atomic E-state index is -0.262. The molecule has 8 heteroatoms. The summed E-state index contributed by atoms with van der Waals surface area (Å²) in [6, 6.07) is 7.75. The van der Waals surface area contributed by atoms with Gasteiger partial charge in [0, 0.05) is 51.4 Å². The molecule has 1 atom stereocenters. The Morgan fingerprint density at radius 1 is 1.17 bits per heavy atom. The van der Waals surface area contributed by atoms with Crippen molar-refractivity contribution < 1.29 is 14.3 Å². The van der Waals surface area contributed by atoms with E-state index in [1.165, 1.54) is 0 Å². The molecule has 8 nitrogen and oxygen atoms in total. The van der Waals surface area contributed by atoms with Crippen LogP contribution in [0.3, 0.4) is 0 Å². The molecule has 2 N–H and O–H groups in total. The molecular weight excluding hydrogens is 370 g/mol. The third kappa shape index (κ3) is 6.66. The van der Waals surface area contributed by atoms with Gasteiger partial charge >= 0.3 is 6.09 Å². The number of aliphatic imine (C=N–C) groups is 1. The maximum atomic E-state index is 12.3. The number of carbonyl (C=O) groups is 2. The zero-order valence-corrected chi connectivity index (χ0v) is 17.9. The quantitative estimate of drug-likeness (QED) is 0.561. The first kappa shape index (κ1) is 22.5. The summed E-state index contributed by atoms with van der Waals surface area (Å²) in [5.41, 5.74) is 1.66. The molecule has 2 amide bonds. The molecule has 0 bridgehead atoms. The maximum absolute atomic E-state index is 12.3. The third-order valence-electron chi connectivity index (χ3n) is 4.95. The fraction of sp³-hybridized carbons (Fsp3) is 0.571. The summed E-state index contributed by atoms with van der Waals surface area (Å²) in [5.74, 6) is 0.726. The Balaban J connectivity index is 1.89. The molecule has 0 aromatic heterocycles. The van der Waals surface area contributed by atoms with Crippen LogP contribution in [0.2, 0.25) is 0 Å². The molecule has 0 spiro atoms. The first-order valence-corrected chi connectivity index (χ1v) is 10.3. The normalized spacial score (nSPS) is 15.7. The number of benzene rings is 1. The van der Waals surface area contributed by atoms with Gasteiger partial charge < -0.3 is 25.2 Å². The highest BCUT2D eigenvalue weighted by molar-refractivity contribution is 5.94. The van der Waals surface area contributed by atoms with E-state index in [9.17, 15) is 9.59 Å². The zero-order valence-electron chi connectivity index (χ0n) is 17.9. The van der Waals surface area contributed by atoms with Crippen molar-refractivity contribution in [1.29, 1.82) is 0 Å². The average Bonchev–Trinajstić information content (AvgIpc) is 2.74. The number of hydrogen-bond donors (Lipinski definition) is 2. The summed E-state index contributed by atoms with van der Waals surface area (Å²) < 4.78 is 5.06. The SMILES string of the molecule is CCOC(=O)N1CCN(C(=NC)NCc2cccc(C(=O)NC(C)CC)c2)CC1. The molecule has 1 unspecified atom stereocenters. The summed E-state index contributed by atoms with van der Waals surface area (Å²) in [5, 5.41) is 6.34. The number of amides is 2. The minimum Gasteiger partial charge on any atom is -0.450 e. The molecule has 1 aliphatic heterocycles. The van der Waals surface area contributed by atoms with Gasteiger partial charge in [0.25, 0.3) is 5.91 Å². The largest absolute Gasteiger partial charge is 0.450 e. The van der Waals surface area contributed by atoms with E-state index >= 15 is 0 Å². The second kappa shape index (κ2) is 11.3. The van der Waals surface area contributed by atoms with E-state index in [1.807, 2.05) is 45.0 Å². The van der Waals surface area contributed by atoms with E-state index in [0.717, 1.165) is 17.9 Å². The summed E-state index contributed by atoms with van der Waals surface area (Å²) >= 11 is 0. The zero-order chi connectivity index (χ0) is 21.2. The number of nitrogens with zero attached hydrogens (tertiary/aromatic N) is 3. The van der Waals surface area contributed by atoms with Gasteiger partial charge in [-0.25, -0.2) is 4.79 Å². The summed E-state index contributed by atoms with van der Waals surface area (Å²) in [4.78, 5) is 32.4. The van der Waals surface area contributed by atoms with Gasteiger partial charge in [0.05, 0.1) is 6.61 Å². The van der Waals surface area contributed by atoms with Crippen molar-refractivity contribution in [2.75, 3.05) is 39.8 Å². The first-order chi connectivity index (χ1) is 14.0. The van der Waals surface area contributed by atoms with E-state index in [0.29, 0.717) is 44.9 Å². The standard InChI is InChI=1S/C21H33N5O3/c1-5-16(3)24-19(27)18-9-7-8-17(14-18)15-23-20(22-4)25-10-12-26(13-11-25)21(28)29-6-2/h7-9,14,16H,5-6,10-13,15H2,1-4H3,(H,22,23)(H,24,27). The van der Waals surface area contributed by atoms with E-state index in [2.05, 4.69) is 20.5 Å². The Labute approximate surface area is 173 Å². The Morgan fingerprint density at radius 2 is 1.86 bits per heavy atom. The molecular formula is C21H33N5O3. The molecule has 29 heavy (non-hydrogen) atoms. The van der Waals surface area contributed by atoms with Crippen LogP contribution in [-0.2, 0) is 11.3 Å². The monoisotopic (exact) mass is 403 g/mol. The molecule has 1 saturated heterocycles. The number of guanidine groups is 1. The Bertz CT molecular complexity index is 714. The predicted molar refractivity (Wildman–Crippen MR) is 114 cm³/mol. The van der Waals surface area contributed by atoms with Crippen LogP contribution in [0.25, 0.3) is 0 Å². The third-order valence-corrected chi connectivity index (χ3v) is 4.95. The van der Waals surface area contributed by atoms with Crippen LogP contribution in [0, 0.1) is 0 Å². The van der Waals surface area contributed by atoms with Gasteiger partial charge in [-0.2, -0.15) is 0 Å². The van der Waals surface area contributed by atoms with Crippen LogP contribution >= 0.6 is 0 Å². The van der Waals surface area contributed by atoms with Gasteiger partial charge in [0.1, 0.15) is 0 Å². The minimum absolute atomic E-state index is 0.0549. The first-order valence-electron chi connectivity index (χ1n) is 10.3. The van der Waals surface area contributed by atoms with Gasteiger partial charge in [-0.05, 0) is 38.0 Å². The lowest BCUT2D eigenvalue weighted by Crippen LogP contribution is -2.53. The van der Waals surface area contributed by atoms with Crippen molar-refractivity contribution in [3.63, 3.8) is 0 Å². The lowest BCUT2D eigenvalue weighted by atomic mass is 10.1. The van der Waals surface area contributed by atoms with Crippen LogP contribution in [0.4, 0.5) is 4.79 Å². The highest BCUT2D eigenvalue weighted by atomic mass is 16.6. The van der Waals surface area contributed by atoms with Crippen LogP contribution in [0.1, 0.15) is 43.1 Å². The van der Waals surface area contributed by atoms with Crippen LogP contribution in [0.15, 0.2) is 29.3 Å². The molecule has 1 aliphatic rings. The smallest absolute Gasteiger partial charge is 0.409 e. The maximum Gasteiger partial charge on any atom is 0.409 e. The summed E-state index contributed by atoms with van der Waals surface area (Å²) in [6.07, 6.45) is 0.634. The highest BCUT2D eigenvalue weighted by Crippen LogP contribution is 2.08. The molecule has 0 aliphatic carbocycles. The molecule has 1 fully saturated rings. The van der Waals surface area contributed by atoms with E-state index in [4.69, 9.17) is 4.74 Å². The fourth-order valence-electron chi connectivity index (χ4n) is 3.06. The van der Waals surface area contributed by atoms with Gasteiger partial charge in [-0.15, -0.1) is 0 Å². The van der Waals surface area contributed by atoms with Gasteiger partial charge in [0.2, 0.25) is 0 Å². The van der Waals surface area contributed by atoms with Crippen molar-refractivity contribution in [3.05, 3.63) is 35.4 Å². The number of piperazine rings is 1.